The Morgan fingerprint density at radius 3 is 1.50 bits per heavy atom. The number of unbranched alkanes of at least 4 members (excludes halogenated alkanes) is 9. The second-order valence-electron chi connectivity index (χ2n) is 17.3. The molecule has 0 radical (unpaired) electrons. The number of carbonyl (C=O) groups is 2. The fraction of sp³-hybridized carbons (Fsp3) is 0.698. The molecule has 4 unspecified atom stereocenters. The van der Waals surface area contributed by atoms with Gasteiger partial charge in [-0.05, 0) is 83.5 Å². The molecule has 0 bridgehead atoms. The Morgan fingerprint density at radius 1 is 0.485 bits per heavy atom. The van der Waals surface area contributed by atoms with E-state index in [0.717, 1.165) is 57.8 Å². The predicted octanol–water partition coefficient (Wildman–Crippen LogP) is 6.82. The van der Waals surface area contributed by atoms with Crippen molar-refractivity contribution in [2.75, 3.05) is 26.4 Å². The maximum absolute atomic E-state index is 13.0. The molecule has 15 heteroatoms. The van der Waals surface area contributed by atoms with Crippen molar-refractivity contribution in [2.45, 2.75) is 210 Å². The van der Waals surface area contributed by atoms with Gasteiger partial charge in [0.05, 0.1) is 19.8 Å². The Kier molecular flexibility index (Phi) is 35.2. The van der Waals surface area contributed by atoms with Gasteiger partial charge in [-0.3, -0.25) is 9.59 Å². The maximum atomic E-state index is 13.0. The molecule has 7 N–H and O–H groups in total. The van der Waals surface area contributed by atoms with E-state index in [0.29, 0.717) is 19.3 Å². The molecule has 2 saturated heterocycles. The summed E-state index contributed by atoms with van der Waals surface area (Å²) >= 11 is 0. The topological polar surface area (TPSA) is 231 Å². The highest BCUT2D eigenvalue weighted by molar-refractivity contribution is 5.70. The Hall–Kier alpha value is -3.32. The molecule has 0 aromatic heterocycles. The summed E-state index contributed by atoms with van der Waals surface area (Å²) in [6, 6.07) is 0. The largest absolute Gasteiger partial charge is 0.462 e. The van der Waals surface area contributed by atoms with Gasteiger partial charge in [0.2, 0.25) is 0 Å². The van der Waals surface area contributed by atoms with Gasteiger partial charge in [0, 0.05) is 12.8 Å². The molecule has 0 aromatic carbocycles. The molecule has 388 valence electrons. The SMILES string of the molecule is CC/C=C/C/C=C/C/C=C/C/C=C/CCCCC(=O)OC[C@H](CO[C@H]1O[C@@H](CO[C@H]2O[C@@H](CO)[C@@H](O)C(O)C2O)[C@@H](O)C(O)C1O)OC(=O)CCC/C=C/C/C=C/C/C=C/CCCCCCCC. The molecule has 0 aromatic rings. The van der Waals surface area contributed by atoms with Crippen LogP contribution in [0.5, 0.6) is 0 Å². The highest BCUT2D eigenvalue weighted by Gasteiger charge is 2.47. The molecule has 11 atom stereocenters. The molecule has 0 spiro atoms. The Labute approximate surface area is 405 Å². The minimum atomic E-state index is -1.78. The Morgan fingerprint density at radius 2 is 0.941 bits per heavy atom. The van der Waals surface area contributed by atoms with E-state index in [1.807, 2.05) is 12.2 Å². The molecule has 2 rings (SSSR count). The van der Waals surface area contributed by atoms with Crippen molar-refractivity contribution in [3.63, 3.8) is 0 Å². The number of aliphatic hydroxyl groups is 7. The van der Waals surface area contributed by atoms with Gasteiger partial charge >= 0.3 is 11.9 Å². The summed E-state index contributed by atoms with van der Waals surface area (Å²) in [6.45, 7) is 2.34. The molecule has 2 aliphatic rings. The highest BCUT2D eigenvalue weighted by atomic mass is 16.7. The third-order valence-corrected chi connectivity index (χ3v) is 11.4. The van der Waals surface area contributed by atoms with Crippen LogP contribution >= 0.6 is 0 Å². The van der Waals surface area contributed by atoms with Crippen molar-refractivity contribution in [3.05, 3.63) is 85.1 Å². The number of hydrogen-bond acceptors (Lipinski definition) is 15. The van der Waals surface area contributed by atoms with Crippen LogP contribution in [-0.4, -0.2) is 142 Å². The van der Waals surface area contributed by atoms with E-state index in [2.05, 4.69) is 86.8 Å². The summed E-state index contributed by atoms with van der Waals surface area (Å²) in [4.78, 5) is 25.7. The van der Waals surface area contributed by atoms with Crippen LogP contribution < -0.4 is 0 Å². The minimum absolute atomic E-state index is 0.0795. The lowest BCUT2D eigenvalue weighted by atomic mass is 9.98. The molecule has 2 fully saturated rings. The van der Waals surface area contributed by atoms with Crippen LogP contribution in [0.2, 0.25) is 0 Å². The normalized spacial score (nSPS) is 26.5. The fourth-order valence-electron chi connectivity index (χ4n) is 7.22. The third kappa shape index (κ3) is 27.2. The Bertz CT molecular complexity index is 1510. The van der Waals surface area contributed by atoms with Crippen LogP contribution in [0.25, 0.3) is 0 Å². The third-order valence-electron chi connectivity index (χ3n) is 11.4. The highest BCUT2D eigenvalue weighted by Crippen LogP contribution is 2.26. The lowest BCUT2D eigenvalue weighted by Gasteiger charge is -2.42. The zero-order chi connectivity index (χ0) is 49.6. The van der Waals surface area contributed by atoms with Gasteiger partial charge in [-0.2, -0.15) is 0 Å². The van der Waals surface area contributed by atoms with Crippen LogP contribution in [-0.2, 0) is 38.0 Å². The van der Waals surface area contributed by atoms with E-state index >= 15 is 0 Å². The quantitative estimate of drug-likeness (QED) is 0.0193. The van der Waals surface area contributed by atoms with E-state index in [1.165, 1.54) is 38.5 Å². The summed E-state index contributed by atoms with van der Waals surface area (Å²) in [5, 5.41) is 72.0. The summed E-state index contributed by atoms with van der Waals surface area (Å²) in [6.07, 6.45) is 30.5. The van der Waals surface area contributed by atoms with E-state index in [4.69, 9.17) is 28.4 Å². The lowest BCUT2D eigenvalue weighted by Crippen LogP contribution is -2.61. The zero-order valence-corrected chi connectivity index (χ0v) is 40.8. The van der Waals surface area contributed by atoms with Gasteiger partial charge in [0.1, 0.15) is 55.4 Å². The number of rotatable bonds is 37. The summed E-state index contributed by atoms with van der Waals surface area (Å²) < 4.78 is 33.4. The maximum Gasteiger partial charge on any atom is 0.306 e. The van der Waals surface area contributed by atoms with Crippen molar-refractivity contribution < 1.29 is 73.8 Å². The first-order valence-corrected chi connectivity index (χ1v) is 25.2. The van der Waals surface area contributed by atoms with Crippen molar-refractivity contribution in [1.29, 1.82) is 0 Å². The molecule has 2 heterocycles. The Balaban J connectivity index is 1.87. The van der Waals surface area contributed by atoms with E-state index in [1.54, 1.807) is 0 Å². The van der Waals surface area contributed by atoms with Crippen molar-refractivity contribution in [1.82, 2.24) is 0 Å². The van der Waals surface area contributed by atoms with Crippen LogP contribution in [0.15, 0.2) is 85.1 Å². The second kappa shape index (κ2) is 39.4. The predicted molar refractivity (Wildman–Crippen MR) is 261 cm³/mol. The van der Waals surface area contributed by atoms with E-state index in [9.17, 15) is 45.3 Å². The smallest absolute Gasteiger partial charge is 0.306 e. The molecular formula is C53H86O15. The van der Waals surface area contributed by atoms with Gasteiger partial charge in [-0.15, -0.1) is 0 Å². The average molecular weight is 963 g/mol. The van der Waals surface area contributed by atoms with E-state index in [-0.39, 0.29) is 19.4 Å². The number of allylic oxidation sites excluding steroid dienone is 14. The molecule has 0 aliphatic carbocycles. The first-order valence-electron chi connectivity index (χ1n) is 25.2. The van der Waals surface area contributed by atoms with Crippen molar-refractivity contribution in [3.8, 4) is 0 Å². The molecule has 15 nitrogen and oxygen atoms in total. The van der Waals surface area contributed by atoms with Gasteiger partial charge in [0.15, 0.2) is 18.7 Å². The van der Waals surface area contributed by atoms with Crippen LogP contribution in [0.4, 0.5) is 0 Å². The van der Waals surface area contributed by atoms with Gasteiger partial charge in [-0.1, -0.05) is 131 Å². The first kappa shape index (κ1) is 60.8. The molecule has 0 saturated carbocycles. The van der Waals surface area contributed by atoms with Gasteiger partial charge in [-0.25, -0.2) is 0 Å². The molecule has 0 amide bonds. The zero-order valence-electron chi connectivity index (χ0n) is 40.8. The standard InChI is InChI=1S/C53H86O15/c1-3-5-7-9-11-13-15-17-19-20-22-24-26-28-30-32-34-36-45(56)66-41(38-63-44(55)35-33-31-29-27-25-23-21-18-16-14-12-10-8-6-4-2)39-64-52-51(62)49(60)47(58)43(68-52)40-65-53-50(61)48(59)46(57)42(37-54)67-53/h6,8,12,14,17-19,21-22,24-25,27-28,30,41-43,46-54,57-62H,3-5,7,9-11,13,15-16,20,23,26,29,31-40H2,1-2H3/b8-6+,14-12+,19-17+,21-18+,24-22+,27-25+,30-28+/t41-,42+,43+,46-,47-,48?,49?,50?,51?,52+,53+/m1/s1. The average Bonchev–Trinajstić information content (AvgIpc) is 3.33. The minimum Gasteiger partial charge on any atom is -0.462 e. The number of esters is 2. The molecular weight excluding hydrogens is 877 g/mol. The van der Waals surface area contributed by atoms with Crippen LogP contribution in [0, 0.1) is 0 Å². The monoisotopic (exact) mass is 963 g/mol. The number of ether oxygens (including phenoxy) is 6. The van der Waals surface area contributed by atoms with E-state index < -0.39 is 99.3 Å². The van der Waals surface area contributed by atoms with Crippen molar-refractivity contribution in [2.24, 2.45) is 0 Å². The summed E-state index contributed by atoms with van der Waals surface area (Å²) in [5.74, 6) is -1.04. The molecule has 68 heavy (non-hydrogen) atoms. The van der Waals surface area contributed by atoms with Gasteiger partial charge in [0.25, 0.3) is 0 Å². The fourth-order valence-corrected chi connectivity index (χ4v) is 7.22. The summed E-state index contributed by atoms with van der Waals surface area (Å²) in [7, 11) is 0. The number of aliphatic hydroxyl groups excluding tert-OH is 7. The lowest BCUT2D eigenvalue weighted by molar-refractivity contribution is -0.332. The number of hydrogen-bond donors (Lipinski definition) is 7. The second-order valence-corrected chi connectivity index (χ2v) is 17.3. The first-order chi connectivity index (χ1) is 33.0. The van der Waals surface area contributed by atoms with Gasteiger partial charge < -0.3 is 64.2 Å². The number of carbonyl (C=O) groups excluding carboxylic acids is 2. The summed E-state index contributed by atoms with van der Waals surface area (Å²) in [5.41, 5.74) is 0. The molecule has 2 aliphatic heterocycles. The van der Waals surface area contributed by atoms with Crippen LogP contribution in [0.3, 0.4) is 0 Å². The van der Waals surface area contributed by atoms with Crippen LogP contribution in [0.1, 0.15) is 142 Å². The van der Waals surface area contributed by atoms with Crippen molar-refractivity contribution >= 4 is 11.9 Å².